The number of carbonyl (C=O) groups is 1. The van der Waals surface area contributed by atoms with Crippen LogP contribution in [0.2, 0.25) is 10.0 Å². The summed E-state index contributed by atoms with van der Waals surface area (Å²) in [6, 6.07) is 23.7. The zero-order chi connectivity index (χ0) is 27.6. The van der Waals surface area contributed by atoms with Crippen LogP contribution >= 0.6 is 23.2 Å². The molecule has 2 heterocycles. The van der Waals surface area contributed by atoms with Crippen LogP contribution in [0.5, 0.6) is 0 Å². The molecule has 2 atom stereocenters. The average molecular weight is 585 g/mol. The van der Waals surface area contributed by atoms with Gasteiger partial charge >= 0.3 is 6.03 Å². The molecular formula is C31H35Cl2N3O2S. The standard InChI is InChI=1S/C31H35Cl2N3O2S/c1-34(30(37)35(2)25-8-4-3-5-9-25)21-24(23-12-13-27(32)28(33)20-23)14-17-36-18-15-31(16-19-36)22-39(38)29-11-7-6-10-26(29)31/h3-13,20,24H,14-19,21-22H2,1-2H3/t24-,39?/m1/s1. The van der Waals surface area contributed by atoms with Crippen molar-refractivity contribution >= 4 is 45.7 Å². The molecule has 2 amide bonds. The molecule has 0 aromatic heterocycles. The normalized spacial score (nSPS) is 19.0. The molecule has 206 valence electrons. The average Bonchev–Trinajstić information content (AvgIpc) is 3.23. The number of urea groups is 1. The lowest BCUT2D eigenvalue weighted by molar-refractivity contribution is 0.163. The topological polar surface area (TPSA) is 43.9 Å². The largest absolute Gasteiger partial charge is 0.327 e. The highest BCUT2D eigenvalue weighted by Gasteiger charge is 2.44. The number of hydrogen-bond donors (Lipinski definition) is 0. The molecule has 8 heteroatoms. The van der Waals surface area contributed by atoms with Crippen molar-refractivity contribution in [3.05, 3.63) is 94.0 Å². The summed E-state index contributed by atoms with van der Waals surface area (Å²) in [5, 5.41) is 1.06. The number of amides is 2. The first-order chi connectivity index (χ1) is 18.8. The molecule has 3 aromatic carbocycles. The number of benzene rings is 3. The van der Waals surface area contributed by atoms with Crippen molar-refractivity contribution in [1.82, 2.24) is 9.80 Å². The van der Waals surface area contributed by atoms with E-state index in [9.17, 15) is 9.00 Å². The molecule has 1 spiro atoms. The van der Waals surface area contributed by atoms with Gasteiger partial charge < -0.3 is 9.80 Å². The van der Waals surface area contributed by atoms with Gasteiger partial charge in [-0.15, -0.1) is 0 Å². The van der Waals surface area contributed by atoms with E-state index in [1.807, 2.05) is 67.7 Å². The minimum Gasteiger partial charge on any atom is -0.327 e. The number of nitrogens with zero attached hydrogens (tertiary/aromatic N) is 3. The van der Waals surface area contributed by atoms with Crippen LogP contribution in [-0.2, 0) is 16.2 Å². The highest BCUT2D eigenvalue weighted by Crippen LogP contribution is 2.45. The van der Waals surface area contributed by atoms with Crippen LogP contribution < -0.4 is 4.90 Å². The second-order valence-electron chi connectivity index (χ2n) is 10.8. The van der Waals surface area contributed by atoms with Crippen LogP contribution in [-0.4, -0.2) is 66.1 Å². The molecule has 5 nitrogen and oxygen atoms in total. The molecule has 39 heavy (non-hydrogen) atoms. The van der Waals surface area contributed by atoms with E-state index >= 15 is 0 Å². The predicted molar refractivity (Wildman–Crippen MR) is 162 cm³/mol. The van der Waals surface area contributed by atoms with Gasteiger partial charge in [0.05, 0.1) is 20.8 Å². The summed E-state index contributed by atoms with van der Waals surface area (Å²) in [6.07, 6.45) is 2.93. The fourth-order valence-electron chi connectivity index (χ4n) is 6.02. The van der Waals surface area contributed by atoms with Gasteiger partial charge in [-0.1, -0.05) is 65.7 Å². The summed E-state index contributed by atoms with van der Waals surface area (Å²) in [6.45, 7) is 3.44. The Morgan fingerprint density at radius 2 is 1.67 bits per heavy atom. The molecule has 1 unspecified atom stereocenters. The molecular weight excluding hydrogens is 549 g/mol. The van der Waals surface area contributed by atoms with Crippen LogP contribution in [0.3, 0.4) is 0 Å². The Hall–Kier alpha value is -2.38. The van der Waals surface area contributed by atoms with Crippen LogP contribution in [0.4, 0.5) is 10.5 Å². The zero-order valence-electron chi connectivity index (χ0n) is 22.5. The molecule has 5 rings (SSSR count). The van der Waals surface area contributed by atoms with E-state index in [1.54, 1.807) is 16.8 Å². The SMILES string of the molecule is CN(C[C@@H](CCN1CCC2(CC1)CS(=O)c1ccccc12)c1ccc(Cl)c(Cl)c1)C(=O)N(C)c1ccccc1. The first-order valence-corrected chi connectivity index (χ1v) is 15.5. The highest BCUT2D eigenvalue weighted by molar-refractivity contribution is 7.85. The predicted octanol–water partition coefficient (Wildman–Crippen LogP) is 6.81. The molecule has 2 aliphatic rings. The van der Waals surface area contributed by atoms with Gasteiger partial charge in [0.2, 0.25) is 0 Å². The van der Waals surface area contributed by atoms with Gasteiger partial charge in [-0.3, -0.25) is 9.11 Å². The van der Waals surface area contributed by atoms with E-state index in [4.69, 9.17) is 23.2 Å². The Balaban J connectivity index is 1.26. The monoisotopic (exact) mass is 583 g/mol. The molecule has 0 bridgehead atoms. The third-order valence-corrected chi connectivity index (χ3v) is 10.8. The summed E-state index contributed by atoms with van der Waals surface area (Å²) in [5.41, 5.74) is 3.27. The number of likely N-dealkylation sites (N-methyl/N-ethyl adjacent to an activating group) is 1. The smallest absolute Gasteiger partial charge is 0.323 e. The number of para-hydroxylation sites is 1. The van der Waals surface area contributed by atoms with Gasteiger partial charge in [-0.25, -0.2) is 4.79 Å². The van der Waals surface area contributed by atoms with Gasteiger partial charge in [0.15, 0.2) is 0 Å². The van der Waals surface area contributed by atoms with Crippen molar-refractivity contribution in [2.45, 2.75) is 35.5 Å². The Bertz CT molecular complexity index is 1340. The fourth-order valence-corrected chi connectivity index (χ4v) is 8.19. The van der Waals surface area contributed by atoms with Gasteiger partial charge in [-0.05, 0) is 80.4 Å². The van der Waals surface area contributed by atoms with Crippen molar-refractivity contribution < 1.29 is 9.00 Å². The Morgan fingerprint density at radius 3 is 2.38 bits per heavy atom. The number of rotatable bonds is 7. The number of piperidine rings is 1. The van der Waals surface area contributed by atoms with Gasteiger partial charge in [0.25, 0.3) is 0 Å². The highest BCUT2D eigenvalue weighted by atomic mass is 35.5. The maximum absolute atomic E-state index is 13.3. The quantitative estimate of drug-likeness (QED) is 0.307. The number of anilines is 1. The first kappa shape index (κ1) is 28.2. The van der Waals surface area contributed by atoms with Crippen molar-refractivity contribution in [1.29, 1.82) is 0 Å². The molecule has 1 saturated heterocycles. The van der Waals surface area contributed by atoms with Crippen molar-refractivity contribution in [3.63, 3.8) is 0 Å². The molecule has 0 saturated carbocycles. The summed E-state index contributed by atoms with van der Waals surface area (Å²) < 4.78 is 12.8. The summed E-state index contributed by atoms with van der Waals surface area (Å²) in [7, 11) is 2.76. The van der Waals surface area contributed by atoms with E-state index in [-0.39, 0.29) is 17.4 Å². The minimum absolute atomic E-state index is 0.0374. The van der Waals surface area contributed by atoms with Crippen molar-refractivity contribution in [3.8, 4) is 0 Å². The summed E-state index contributed by atoms with van der Waals surface area (Å²) in [4.78, 5) is 20.3. The lowest BCUT2D eigenvalue weighted by Crippen LogP contribution is -2.44. The maximum atomic E-state index is 13.3. The molecule has 0 N–H and O–H groups in total. The number of fused-ring (bicyclic) bond motifs is 2. The third kappa shape index (κ3) is 6.04. The second kappa shape index (κ2) is 12.0. The fraction of sp³-hybridized carbons (Fsp3) is 0.387. The Morgan fingerprint density at radius 1 is 0.974 bits per heavy atom. The number of likely N-dealkylation sites (tertiary alicyclic amines) is 1. The lowest BCUT2D eigenvalue weighted by Gasteiger charge is -2.40. The van der Waals surface area contributed by atoms with E-state index in [0.29, 0.717) is 16.6 Å². The lowest BCUT2D eigenvalue weighted by atomic mass is 9.74. The maximum Gasteiger partial charge on any atom is 0.323 e. The van der Waals surface area contributed by atoms with Crippen molar-refractivity contribution in [2.24, 2.45) is 0 Å². The summed E-state index contributed by atoms with van der Waals surface area (Å²) >= 11 is 12.6. The Kier molecular flexibility index (Phi) is 8.67. The number of carbonyl (C=O) groups excluding carboxylic acids is 1. The van der Waals surface area contributed by atoms with E-state index in [1.165, 1.54) is 5.56 Å². The van der Waals surface area contributed by atoms with Crippen LogP contribution in [0.25, 0.3) is 0 Å². The minimum atomic E-state index is -0.899. The number of halogens is 2. The third-order valence-electron chi connectivity index (χ3n) is 8.38. The van der Waals surface area contributed by atoms with Gasteiger partial charge in [0, 0.05) is 48.3 Å². The molecule has 3 aromatic rings. The zero-order valence-corrected chi connectivity index (χ0v) is 24.8. The Labute approximate surface area is 244 Å². The van der Waals surface area contributed by atoms with Crippen LogP contribution in [0.1, 0.15) is 36.3 Å². The van der Waals surface area contributed by atoms with E-state index in [2.05, 4.69) is 17.0 Å². The van der Waals surface area contributed by atoms with E-state index < -0.39 is 10.8 Å². The molecule has 0 aliphatic carbocycles. The molecule has 1 fully saturated rings. The van der Waals surface area contributed by atoms with E-state index in [0.717, 1.165) is 60.8 Å². The molecule has 2 aliphatic heterocycles. The van der Waals surface area contributed by atoms with Crippen LogP contribution in [0, 0.1) is 0 Å². The van der Waals surface area contributed by atoms with Crippen molar-refractivity contribution in [2.75, 3.05) is 50.9 Å². The first-order valence-electron chi connectivity index (χ1n) is 13.5. The van der Waals surface area contributed by atoms with Gasteiger partial charge in [-0.2, -0.15) is 0 Å². The molecule has 0 radical (unpaired) electrons. The van der Waals surface area contributed by atoms with Crippen LogP contribution in [0.15, 0.2) is 77.7 Å². The number of hydrogen-bond acceptors (Lipinski definition) is 3. The second-order valence-corrected chi connectivity index (χ2v) is 13.1. The van der Waals surface area contributed by atoms with Gasteiger partial charge in [0.1, 0.15) is 0 Å². The summed E-state index contributed by atoms with van der Waals surface area (Å²) in [5.74, 6) is 0.849.